The second-order valence-electron chi connectivity index (χ2n) is 9.95. The molecule has 6 aromatic rings. The molecule has 7 heterocycles. The number of amides is 2. The zero-order valence-electron chi connectivity index (χ0n) is 24.6. The number of nitrogens with one attached hydrogen (secondary N) is 2. The van der Waals surface area contributed by atoms with Crippen molar-refractivity contribution in [3.63, 3.8) is 0 Å². The van der Waals surface area contributed by atoms with Crippen LogP contribution in [0.25, 0.3) is 46.3 Å². The van der Waals surface area contributed by atoms with E-state index < -0.39 is 35.8 Å². The minimum Gasteiger partial charge on any atom is -0.463 e. The maximum absolute atomic E-state index is 13.2. The van der Waals surface area contributed by atoms with Crippen LogP contribution in [0.4, 0.5) is 0 Å². The third kappa shape index (κ3) is 6.03. The number of rotatable bonds is 4. The first kappa shape index (κ1) is 29.8. The fraction of sp³-hybridized carbons (Fsp3) is 0.214. The Bertz CT molecular complexity index is 2000. The number of nitrogens with zero attached hydrogens (tertiary/aromatic N) is 6. The van der Waals surface area contributed by atoms with Crippen LogP contribution in [0.5, 0.6) is 0 Å². The average molecular weight is 661 g/mol. The standard InChI is InChI=1S/C28H20N8O12/c1-11(37)41-5-15-23-33-19(9-45-23)27-35-18(7-47-27)26-32-14(4-44-26)22(40)30-16(6-42-12(2)38)24-34-20(10-46-24)28-36-17(8-48-28)25-31-13(3-43-25)21(39)29-15/h3-4,7-10,15-16H,5-6H2,1-2H3,(H,29,39)(H,30,40)/t15-,16+. The summed E-state index contributed by atoms with van der Waals surface area (Å²) in [7, 11) is 0. The molecule has 2 amide bonds. The van der Waals surface area contributed by atoms with Crippen LogP contribution in [0.2, 0.25) is 0 Å². The predicted octanol–water partition coefficient (Wildman–Crippen LogP) is 2.66. The zero-order valence-corrected chi connectivity index (χ0v) is 24.6. The van der Waals surface area contributed by atoms with Gasteiger partial charge in [-0.3, -0.25) is 19.2 Å². The van der Waals surface area contributed by atoms with Crippen LogP contribution in [0.15, 0.2) is 64.1 Å². The molecule has 0 aliphatic carbocycles. The maximum atomic E-state index is 13.2. The van der Waals surface area contributed by atoms with E-state index in [2.05, 4.69) is 40.5 Å². The molecule has 2 atom stereocenters. The Morgan fingerprint density at radius 1 is 0.542 bits per heavy atom. The largest absolute Gasteiger partial charge is 0.463 e. The molecule has 0 spiro atoms. The van der Waals surface area contributed by atoms with Crippen molar-refractivity contribution in [3.05, 3.63) is 60.7 Å². The lowest BCUT2D eigenvalue weighted by Crippen LogP contribution is -2.32. The van der Waals surface area contributed by atoms with Crippen LogP contribution < -0.4 is 10.6 Å². The Kier molecular flexibility index (Phi) is 7.55. The van der Waals surface area contributed by atoms with Gasteiger partial charge in [0.2, 0.25) is 35.3 Å². The molecule has 1 aliphatic rings. The Morgan fingerprint density at radius 3 is 1.23 bits per heavy atom. The molecule has 20 heteroatoms. The van der Waals surface area contributed by atoms with Crippen molar-refractivity contribution in [2.75, 3.05) is 13.2 Å². The van der Waals surface area contributed by atoms with Crippen LogP contribution in [-0.2, 0) is 19.1 Å². The minimum absolute atomic E-state index is 0.0227. The Morgan fingerprint density at radius 2 is 0.854 bits per heavy atom. The first-order chi connectivity index (χ1) is 23.2. The number of carbonyl (C=O) groups is 4. The van der Waals surface area contributed by atoms with E-state index in [4.69, 9.17) is 36.0 Å². The summed E-state index contributed by atoms with van der Waals surface area (Å²) in [6, 6.07) is -2.12. The van der Waals surface area contributed by atoms with Crippen molar-refractivity contribution < 1.29 is 55.2 Å². The lowest BCUT2D eigenvalue weighted by Gasteiger charge is -2.14. The number of hydrogen-bond acceptors (Lipinski definition) is 18. The number of fused-ring (bicyclic) bond motifs is 16. The molecule has 6 aromatic heterocycles. The van der Waals surface area contributed by atoms with Crippen molar-refractivity contribution in [1.29, 1.82) is 0 Å². The van der Waals surface area contributed by atoms with Gasteiger partial charge in [0, 0.05) is 13.8 Å². The van der Waals surface area contributed by atoms with Crippen LogP contribution in [0.3, 0.4) is 0 Å². The van der Waals surface area contributed by atoms with Crippen molar-refractivity contribution in [2.24, 2.45) is 0 Å². The summed E-state index contributed by atoms with van der Waals surface area (Å²) in [4.78, 5) is 75.0. The van der Waals surface area contributed by atoms with E-state index in [-0.39, 0.29) is 82.7 Å². The van der Waals surface area contributed by atoms with E-state index in [1.54, 1.807) is 0 Å². The normalized spacial score (nSPS) is 16.0. The van der Waals surface area contributed by atoms with Gasteiger partial charge in [-0.25, -0.2) is 29.9 Å². The summed E-state index contributed by atoms with van der Waals surface area (Å²) < 4.78 is 43.3. The van der Waals surface area contributed by atoms with Gasteiger partial charge in [0.05, 0.1) is 0 Å². The predicted molar refractivity (Wildman–Crippen MR) is 149 cm³/mol. The van der Waals surface area contributed by atoms with Crippen molar-refractivity contribution in [3.8, 4) is 46.3 Å². The number of ether oxygens (including phenoxy) is 2. The molecule has 0 unspecified atom stereocenters. The molecule has 20 nitrogen and oxygen atoms in total. The fourth-order valence-electron chi connectivity index (χ4n) is 4.28. The number of hydrogen-bond donors (Lipinski definition) is 2. The number of esters is 2. The van der Waals surface area contributed by atoms with Gasteiger partial charge in [-0.05, 0) is 0 Å². The highest BCUT2D eigenvalue weighted by atomic mass is 16.5. The molecule has 12 bridgehead atoms. The van der Waals surface area contributed by atoms with Gasteiger partial charge in [0.25, 0.3) is 11.8 Å². The summed E-state index contributed by atoms with van der Waals surface area (Å²) in [5.74, 6) is -2.96. The zero-order chi connectivity index (χ0) is 33.4. The van der Waals surface area contributed by atoms with Crippen molar-refractivity contribution in [1.82, 2.24) is 40.5 Å². The van der Waals surface area contributed by atoms with Gasteiger partial charge >= 0.3 is 11.9 Å². The van der Waals surface area contributed by atoms with Gasteiger partial charge in [-0.2, -0.15) is 0 Å². The molecular weight excluding hydrogens is 640 g/mol. The van der Waals surface area contributed by atoms with Crippen molar-refractivity contribution >= 4 is 23.8 Å². The minimum atomic E-state index is -1.06. The molecule has 244 valence electrons. The molecule has 0 saturated heterocycles. The Labute approximate surface area is 265 Å². The molecule has 48 heavy (non-hydrogen) atoms. The molecular formula is C28H20N8O12. The highest BCUT2D eigenvalue weighted by Gasteiger charge is 2.28. The second-order valence-corrected chi connectivity index (χ2v) is 9.95. The number of aromatic nitrogens is 6. The summed E-state index contributed by atoms with van der Waals surface area (Å²) in [5.41, 5.74) is 0.128. The molecule has 2 N–H and O–H groups in total. The van der Waals surface area contributed by atoms with Gasteiger partial charge in [-0.1, -0.05) is 0 Å². The lowest BCUT2D eigenvalue weighted by molar-refractivity contribution is -0.142. The number of oxazole rings is 6. The summed E-state index contributed by atoms with van der Waals surface area (Å²) >= 11 is 0. The summed E-state index contributed by atoms with van der Waals surface area (Å²) in [6.07, 6.45) is 7.02. The van der Waals surface area contributed by atoms with Gasteiger partial charge in [0.15, 0.2) is 34.2 Å². The Hall–Kier alpha value is -6.86. The number of carbonyl (C=O) groups excluding carboxylic acids is 4. The highest BCUT2D eigenvalue weighted by Crippen LogP contribution is 2.28. The van der Waals surface area contributed by atoms with Crippen molar-refractivity contribution in [2.45, 2.75) is 25.9 Å². The molecule has 1 aliphatic heterocycles. The van der Waals surface area contributed by atoms with Crippen LogP contribution in [-0.4, -0.2) is 66.9 Å². The van der Waals surface area contributed by atoms with E-state index in [1.165, 1.54) is 38.9 Å². The highest BCUT2D eigenvalue weighted by molar-refractivity contribution is 5.93. The van der Waals surface area contributed by atoms with E-state index in [0.29, 0.717) is 0 Å². The van der Waals surface area contributed by atoms with Crippen LogP contribution >= 0.6 is 0 Å². The third-order valence-electron chi connectivity index (χ3n) is 6.52. The average Bonchev–Trinajstić information content (AvgIpc) is 3.90. The monoisotopic (exact) mass is 660 g/mol. The van der Waals surface area contributed by atoms with E-state index in [0.717, 1.165) is 12.5 Å². The first-order valence-electron chi connectivity index (χ1n) is 13.8. The summed E-state index contributed by atoms with van der Waals surface area (Å²) in [5, 5.41) is 5.27. The molecule has 0 aromatic carbocycles. The first-order valence-corrected chi connectivity index (χ1v) is 13.8. The second kappa shape index (κ2) is 12.2. The Balaban J connectivity index is 1.26. The third-order valence-corrected chi connectivity index (χ3v) is 6.52. The van der Waals surface area contributed by atoms with Gasteiger partial charge < -0.3 is 46.6 Å². The van der Waals surface area contributed by atoms with E-state index >= 15 is 0 Å². The summed E-state index contributed by atoms with van der Waals surface area (Å²) in [6.45, 7) is 1.73. The van der Waals surface area contributed by atoms with E-state index in [9.17, 15) is 19.2 Å². The quantitative estimate of drug-likeness (QED) is 0.257. The fourth-order valence-corrected chi connectivity index (χ4v) is 4.28. The smallest absolute Gasteiger partial charge is 0.302 e. The van der Waals surface area contributed by atoms with Gasteiger partial charge in [0.1, 0.15) is 62.9 Å². The topological polar surface area (TPSA) is 267 Å². The van der Waals surface area contributed by atoms with Gasteiger partial charge in [-0.15, -0.1) is 0 Å². The molecule has 7 rings (SSSR count). The van der Waals surface area contributed by atoms with E-state index in [1.807, 2.05) is 0 Å². The molecule has 0 radical (unpaired) electrons. The SMILES string of the molecule is CC(=O)OC[C@@H]1NC(=O)c2coc(n2)-c2coc(n2)-c2coc(n2)[C@@H](COC(C)=O)NC(=O)c2coc(n2)-c2coc(n2)-c2coc1n2. The molecule has 0 saturated carbocycles. The lowest BCUT2D eigenvalue weighted by atomic mass is 10.3. The van der Waals surface area contributed by atoms with Crippen LogP contribution in [0.1, 0.15) is 58.7 Å². The van der Waals surface area contributed by atoms with Crippen LogP contribution in [0, 0.1) is 0 Å². The maximum Gasteiger partial charge on any atom is 0.302 e. The molecule has 0 fully saturated rings.